The van der Waals surface area contributed by atoms with Crippen molar-refractivity contribution in [3.8, 4) is 5.75 Å². The SMILES string of the molecule is CC1CN(S(=O)(=O)c2ccc(O)c(N)c2)CC(CO)O1. The molecule has 2 atom stereocenters. The van der Waals surface area contributed by atoms with Crippen molar-refractivity contribution in [2.45, 2.75) is 24.0 Å². The lowest BCUT2D eigenvalue weighted by Crippen LogP contribution is -2.50. The number of nitrogens with zero attached hydrogens (tertiary/aromatic N) is 1. The number of hydrogen-bond acceptors (Lipinski definition) is 6. The Balaban J connectivity index is 2.31. The minimum Gasteiger partial charge on any atom is -0.506 e. The van der Waals surface area contributed by atoms with Crippen molar-refractivity contribution in [3.05, 3.63) is 18.2 Å². The normalized spacial score (nSPS) is 24.7. The fraction of sp³-hybridized carbons (Fsp3) is 0.500. The standard InChI is InChI=1S/C12H18N2O5S/c1-8-5-14(6-9(7-15)19-8)20(17,18)10-2-3-12(16)11(13)4-10/h2-4,8-9,15-16H,5-7,13H2,1H3. The Hall–Kier alpha value is -1.35. The van der Waals surface area contributed by atoms with Crippen molar-refractivity contribution in [1.29, 1.82) is 0 Å². The van der Waals surface area contributed by atoms with Crippen LogP contribution in [0.15, 0.2) is 23.1 Å². The molecule has 0 aliphatic carbocycles. The third kappa shape index (κ3) is 2.88. The summed E-state index contributed by atoms with van der Waals surface area (Å²) in [5.74, 6) is -0.160. The molecular weight excluding hydrogens is 284 g/mol. The summed E-state index contributed by atoms with van der Waals surface area (Å²) >= 11 is 0. The Labute approximate surface area is 117 Å². The van der Waals surface area contributed by atoms with Gasteiger partial charge in [0.25, 0.3) is 0 Å². The van der Waals surface area contributed by atoms with E-state index in [2.05, 4.69) is 0 Å². The molecule has 0 saturated carbocycles. The molecule has 0 aromatic heterocycles. The molecule has 1 aromatic carbocycles. The number of aromatic hydroxyl groups is 1. The summed E-state index contributed by atoms with van der Waals surface area (Å²) in [4.78, 5) is 0.0126. The van der Waals surface area contributed by atoms with Crippen molar-refractivity contribution >= 4 is 15.7 Å². The van der Waals surface area contributed by atoms with Gasteiger partial charge in [0.15, 0.2) is 0 Å². The summed E-state index contributed by atoms with van der Waals surface area (Å²) in [6, 6.07) is 3.77. The zero-order valence-electron chi connectivity index (χ0n) is 11.1. The van der Waals surface area contributed by atoms with Gasteiger partial charge >= 0.3 is 0 Å². The quantitative estimate of drug-likeness (QED) is 0.524. The molecule has 20 heavy (non-hydrogen) atoms. The Morgan fingerprint density at radius 1 is 1.45 bits per heavy atom. The third-order valence-corrected chi connectivity index (χ3v) is 4.96. The van der Waals surface area contributed by atoms with E-state index in [1.165, 1.54) is 22.5 Å². The highest BCUT2D eigenvalue weighted by Gasteiger charge is 2.33. The number of hydrogen-bond donors (Lipinski definition) is 3. The molecule has 0 amide bonds. The van der Waals surface area contributed by atoms with E-state index < -0.39 is 16.1 Å². The summed E-state index contributed by atoms with van der Waals surface area (Å²) in [7, 11) is -3.73. The number of ether oxygens (including phenoxy) is 1. The van der Waals surface area contributed by atoms with Crippen LogP contribution in [0.5, 0.6) is 5.75 Å². The fourth-order valence-electron chi connectivity index (χ4n) is 2.14. The maximum atomic E-state index is 12.5. The van der Waals surface area contributed by atoms with Crippen molar-refractivity contribution in [1.82, 2.24) is 4.31 Å². The zero-order valence-corrected chi connectivity index (χ0v) is 11.9. The first-order valence-electron chi connectivity index (χ1n) is 6.19. The number of aliphatic hydroxyl groups is 1. The van der Waals surface area contributed by atoms with Gasteiger partial charge in [-0.25, -0.2) is 8.42 Å². The highest BCUT2D eigenvalue weighted by Crippen LogP contribution is 2.26. The molecule has 8 heteroatoms. The first-order chi connectivity index (χ1) is 9.34. The minimum absolute atomic E-state index is 0.00564. The first kappa shape index (κ1) is 15.0. The van der Waals surface area contributed by atoms with Crippen LogP contribution in [-0.4, -0.2) is 54.8 Å². The van der Waals surface area contributed by atoms with Crippen LogP contribution in [0.2, 0.25) is 0 Å². The average molecular weight is 302 g/mol. The van der Waals surface area contributed by atoms with Crippen LogP contribution in [0, 0.1) is 0 Å². The van der Waals surface area contributed by atoms with Gasteiger partial charge in [-0.2, -0.15) is 4.31 Å². The van der Waals surface area contributed by atoms with Gasteiger partial charge < -0.3 is 20.7 Å². The van der Waals surface area contributed by atoms with Crippen LogP contribution in [0.25, 0.3) is 0 Å². The van der Waals surface area contributed by atoms with E-state index in [9.17, 15) is 13.5 Å². The Kier molecular flexibility index (Phi) is 4.19. The van der Waals surface area contributed by atoms with Crippen LogP contribution in [0.3, 0.4) is 0 Å². The zero-order chi connectivity index (χ0) is 14.9. The molecule has 4 N–H and O–H groups in total. The van der Waals surface area contributed by atoms with Crippen molar-refractivity contribution in [2.75, 3.05) is 25.4 Å². The first-order valence-corrected chi connectivity index (χ1v) is 7.63. The van der Waals surface area contributed by atoms with Crippen molar-refractivity contribution < 1.29 is 23.4 Å². The molecule has 2 unspecified atom stereocenters. The number of sulfonamides is 1. The predicted octanol–water partition coefficient (Wildman–Crippen LogP) is -0.255. The van der Waals surface area contributed by atoms with Gasteiger partial charge in [0, 0.05) is 13.1 Å². The molecule has 1 fully saturated rings. The molecule has 1 saturated heterocycles. The summed E-state index contributed by atoms with van der Waals surface area (Å²) in [5.41, 5.74) is 5.54. The van der Waals surface area contributed by atoms with Gasteiger partial charge in [0.05, 0.1) is 29.4 Å². The third-order valence-electron chi connectivity index (χ3n) is 3.13. The Morgan fingerprint density at radius 2 is 2.15 bits per heavy atom. The minimum atomic E-state index is -3.73. The van der Waals surface area contributed by atoms with Crippen LogP contribution >= 0.6 is 0 Å². The Morgan fingerprint density at radius 3 is 2.75 bits per heavy atom. The van der Waals surface area contributed by atoms with Gasteiger partial charge in [0.1, 0.15) is 5.75 Å². The maximum absolute atomic E-state index is 12.5. The second kappa shape index (κ2) is 5.57. The van der Waals surface area contributed by atoms with Gasteiger partial charge in [-0.1, -0.05) is 0 Å². The number of morpholine rings is 1. The monoisotopic (exact) mass is 302 g/mol. The average Bonchev–Trinajstić information content (AvgIpc) is 2.41. The van der Waals surface area contributed by atoms with Crippen molar-refractivity contribution in [3.63, 3.8) is 0 Å². The highest BCUT2D eigenvalue weighted by molar-refractivity contribution is 7.89. The van der Waals surface area contributed by atoms with Gasteiger partial charge in [-0.3, -0.25) is 0 Å². The molecule has 0 bridgehead atoms. The summed E-state index contributed by atoms with van der Waals surface area (Å²) in [6.45, 7) is 1.80. The summed E-state index contributed by atoms with van der Waals surface area (Å²) in [6.07, 6.45) is -0.840. The molecule has 112 valence electrons. The maximum Gasteiger partial charge on any atom is 0.243 e. The molecule has 1 aromatic rings. The van der Waals surface area contributed by atoms with E-state index >= 15 is 0 Å². The molecular formula is C12H18N2O5S. The molecule has 0 spiro atoms. The molecule has 2 rings (SSSR count). The highest BCUT2D eigenvalue weighted by atomic mass is 32.2. The van der Waals surface area contributed by atoms with Gasteiger partial charge in [-0.05, 0) is 25.1 Å². The lowest BCUT2D eigenvalue weighted by atomic mass is 10.2. The van der Waals surface area contributed by atoms with Crippen molar-refractivity contribution in [2.24, 2.45) is 0 Å². The van der Waals surface area contributed by atoms with Crippen LogP contribution < -0.4 is 5.73 Å². The van der Waals surface area contributed by atoms with E-state index in [0.717, 1.165) is 0 Å². The number of aliphatic hydroxyl groups excluding tert-OH is 1. The number of phenolic OH excluding ortho intramolecular Hbond substituents is 1. The molecule has 1 aliphatic rings. The molecule has 0 radical (unpaired) electrons. The number of benzene rings is 1. The van der Waals surface area contributed by atoms with Gasteiger partial charge in [-0.15, -0.1) is 0 Å². The predicted molar refractivity (Wildman–Crippen MR) is 72.7 cm³/mol. The number of rotatable bonds is 3. The van der Waals surface area contributed by atoms with Gasteiger partial charge in [0.2, 0.25) is 10.0 Å². The van der Waals surface area contributed by atoms with E-state index in [-0.39, 0.29) is 42.1 Å². The molecule has 7 nitrogen and oxygen atoms in total. The molecule has 1 aliphatic heterocycles. The lowest BCUT2D eigenvalue weighted by Gasteiger charge is -2.35. The van der Waals surface area contributed by atoms with E-state index in [1.807, 2.05) is 0 Å². The topological polar surface area (TPSA) is 113 Å². The second-order valence-electron chi connectivity index (χ2n) is 4.79. The molecule has 1 heterocycles. The smallest absolute Gasteiger partial charge is 0.243 e. The van der Waals surface area contributed by atoms with Crippen LogP contribution in [-0.2, 0) is 14.8 Å². The number of nitrogen functional groups attached to an aromatic ring is 1. The summed E-state index contributed by atoms with van der Waals surface area (Å²) < 4.78 is 31.7. The van der Waals surface area contributed by atoms with E-state index in [0.29, 0.717) is 0 Å². The van der Waals surface area contributed by atoms with E-state index in [4.69, 9.17) is 15.6 Å². The van der Waals surface area contributed by atoms with Crippen LogP contribution in [0.4, 0.5) is 5.69 Å². The number of nitrogens with two attached hydrogens (primary N) is 1. The number of phenols is 1. The number of anilines is 1. The largest absolute Gasteiger partial charge is 0.506 e. The lowest BCUT2D eigenvalue weighted by molar-refractivity contribution is -0.0750. The summed E-state index contributed by atoms with van der Waals surface area (Å²) in [5, 5.41) is 18.5. The van der Waals surface area contributed by atoms with E-state index in [1.54, 1.807) is 6.92 Å². The second-order valence-corrected chi connectivity index (χ2v) is 6.73. The fourth-order valence-corrected chi connectivity index (χ4v) is 3.72. The Bertz CT molecular complexity index is 590. The van der Waals surface area contributed by atoms with Crippen LogP contribution in [0.1, 0.15) is 6.92 Å².